The van der Waals surface area contributed by atoms with Gasteiger partial charge < -0.3 is 15.2 Å². The van der Waals surface area contributed by atoms with E-state index < -0.39 is 12.3 Å². The van der Waals surface area contributed by atoms with Crippen LogP contribution in [0.1, 0.15) is 23.6 Å². The van der Waals surface area contributed by atoms with Gasteiger partial charge in [0.1, 0.15) is 11.6 Å². The van der Waals surface area contributed by atoms with Gasteiger partial charge in [0.2, 0.25) is 0 Å². The first-order chi connectivity index (χ1) is 14.8. The molecule has 0 amide bonds. The Morgan fingerprint density at radius 1 is 1.13 bits per heavy atom. The van der Waals surface area contributed by atoms with Crippen LogP contribution in [0.2, 0.25) is 0 Å². The summed E-state index contributed by atoms with van der Waals surface area (Å²) in [6.45, 7) is 0.277. The van der Waals surface area contributed by atoms with E-state index in [-0.39, 0.29) is 24.1 Å². The number of alkyl halides is 3. The summed E-state index contributed by atoms with van der Waals surface area (Å²) in [5.74, 6) is -0.932. The number of aromatic nitrogens is 2. The number of aliphatic carboxylic acids is 1. The Balaban J connectivity index is 1.39. The standard InChI is InChI=1S/C22H18F3N3O3/c23-22(24,25)31-16-3-1-2-13(8-16)11-27-20-5-4-15(12-28-20)14-6-7-26-19(9-14)17-10-18(17)21(29)30/h1-9,12,17-18H,10-11H2,(H,27,28)(H,29,30)/t17-,18-/m1/s1. The topological polar surface area (TPSA) is 84.3 Å². The van der Waals surface area contributed by atoms with Crippen molar-refractivity contribution in [3.8, 4) is 16.9 Å². The molecule has 1 aliphatic rings. The zero-order valence-corrected chi connectivity index (χ0v) is 16.1. The van der Waals surface area contributed by atoms with E-state index in [1.165, 1.54) is 18.2 Å². The minimum atomic E-state index is -4.73. The van der Waals surface area contributed by atoms with Crippen LogP contribution in [-0.2, 0) is 11.3 Å². The van der Waals surface area contributed by atoms with Gasteiger partial charge in [0.05, 0.1) is 5.92 Å². The fourth-order valence-corrected chi connectivity index (χ4v) is 3.34. The molecule has 0 aliphatic heterocycles. The van der Waals surface area contributed by atoms with Crippen molar-refractivity contribution < 1.29 is 27.8 Å². The molecule has 2 N–H and O–H groups in total. The number of halogens is 3. The highest BCUT2D eigenvalue weighted by Crippen LogP contribution is 2.47. The molecule has 6 nitrogen and oxygen atoms in total. The number of pyridine rings is 2. The van der Waals surface area contributed by atoms with Crippen LogP contribution >= 0.6 is 0 Å². The molecule has 0 saturated heterocycles. The number of anilines is 1. The highest BCUT2D eigenvalue weighted by Gasteiger charge is 2.45. The normalized spacial score (nSPS) is 17.8. The lowest BCUT2D eigenvalue weighted by molar-refractivity contribution is -0.274. The summed E-state index contributed by atoms with van der Waals surface area (Å²) in [4.78, 5) is 19.7. The Labute approximate surface area is 175 Å². The summed E-state index contributed by atoms with van der Waals surface area (Å²) < 4.78 is 41.0. The van der Waals surface area contributed by atoms with Gasteiger partial charge in [-0.05, 0) is 53.9 Å². The summed E-state index contributed by atoms with van der Waals surface area (Å²) in [7, 11) is 0. The number of ether oxygens (including phenoxy) is 1. The number of nitrogens with one attached hydrogen (secondary N) is 1. The maximum atomic E-state index is 12.4. The van der Waals surface area contributed by atoms with Gasteiger partial charge in [-0.1, -0.05) is 12.1 Å². The molecule has 0 bridgehead atoms. The predicted octanol–water partition coefficient (Wildman–Crippen LogP) is 4.84. The highest BCUT2D eigenvalue weighted by atomic mass is 19.4. The van der Waals surface area contributed by atoms with Gasteiger partial charge in [-0.15, -0.1) is 13.2 Å². The summed E-state index contributed by atoms with van der Waals surface area (Å²) in [5, 5.41) is 12.2. The van der Waals surface area contributed by atoms with E-state index >= 15 is 0 Å². The number of nitrogens with zero attached hydrogens (tertiary/aromatic N) is 2. The van der Waals surface area contributed by atoms with Crippen molar-refractivity contribution in [1.82, 2.24) is 9.97 Å². The largest absolute Gasteiger partial charge is 0.573 e. The van der Waals surface area contributed by atoms with Crippen molar-refractivity contribution in [3.63, 3.8) is 0 Å². The van der Waals surface area contributed by atoms with Crippen LogP contribution in [-0.4, -0.2) is 27.4 Å². The number of carbonyl (C=O) groups is 1. The molecular weight excluding hydrogens is 411 g/mol. The van der Waals surface area contributed by atoms with E-state index in [1.807, 2.05) is 18.2 Å². The highest BCUT2D eigenvalue weighted by molar-refractivity contribution is 5.75. The summed E-state index contributed by atoms with van der Waals surface area (Å²) in [5.41, 5.74) is 3.11. The number of benzene rings is 1. The van der Waals surface area contributed by atoms with Crippen LogP contribution in [0.5, 0.6) is 5.75 Å². The van der Waals surface area contributed by atoms with Crippen molar-refractivity contribution in [2.75, 3.05) is 5.32 Å². The molecule has 2 atom stereocenters. The van der Waals surface area contributed by atoms with Gasteiger partial charge in [-0.2, -0.15) is 0 Å². The minimum Gasteiger partial charge on any atom is -0.481 e. The Kier molecular flexibility index (Phi) is 5.50. The lowest BCUT2D eigenvalue weighted by atomic mass is 10.1. The van der Waals surface area contributed by atoms with E-state index in [1.54, 1.807) is 24.5 Å². The van der Waals surface area contributed by atoms with Gasteiger partial charge in [0.25, 0.3) is 0 Å². The lowest BCUT2D eigenvalue weighted by Gasteiger charge is -2.11. The lowest BCUT2D eigenvalue weighted by Crippen LogP contribution is -2.17. The van der Waals surface area contributed by atoms with Crippen molar-refractivity contribution >= 4 is 11.8 Å². The molecule has 0 spiro atoms. The Hall–Kier alpha value is -3.62. The van der Waals surface area contributed by atoms with Crippen molar-refractivity contribution in [2.24, 2.45) is 5.92 Å². The molecule has 1 saturated carbocycles. The number of hydrogen-bond donors (Lipinski definition) is 2. The van der Waals surface area contributed by atoms with Crippen molar-refractivity contribution in [3.05, 3.63) is 72.2 Å². The molecule has 2 heterocycles. The molecule has 31 heavy (non-hydrogen) atoms. The van der Waals surface area contributed by atoms with Crippen LogP contribution in [0.3, 0.4) is 0 Å². The van der Waals surface area contributed by atoms with Crippen LogP contribution < -0.4 is 10.1 Å². The monoisotopic (exact) mass is 429 g/mol. The number of carboxylic acid groups (broad SMARTS) is 1. The first-order valence-electron chi connectivity index (χ1n) is 9.52. The molecule has 160 valence electrons. The zero-order valence-electron chi connectivity index (χ0n) is 16.1. The van der Waals surface area contributed by atoms with Gasteiger partial charge in [0.15, 0.2) is 0 Å². The van der Waals surface area contributed by atoms with Crippen LogP contribution in [0.15, 0.2) is 60.9 Å². The predicted molar refractivity (Wildman–Crippen MR) is 106 cm³/mol. The molecule has 2 aromatic heterocycles. The average Bonchev–Trinajstić information content (AvgIpc) is 3.53. The maximum Gasteiger partial charge on any atom is 0.573 e. The molecule has 3 aromatic rings. The second kappa shape index (κ2) is 8.25. The van der Waals surface area contributed by atoms with Gasteiger partial charge in [-0.25, -0.2) is 4.98 Å². The summed E-state index contributed by atoms with van der Waals surface area (Å²) >= 11 is 0. The molecule has 0 unspecified atom stereocenters. The second-order valence-corrected chi connectivity index (χ2v) is 7.24. The van der Waals surface area contributed by atoms with E-state index in [0.717, 1.165) is 16.8 Å². The number of hydrogen-bond acceptors (Lipinski definition) is 5. The average molecular weight is 429 g/mol. The first-order valence-corrected chi connectivity index (χ1v) is 9.52. The quantitative estimate of drug-likeness (QED) is 0.559. The molecule has 0 radical (unpaired) electrons. The minimum absolute atomic E-state index is 0.0524. The summed E-state index contributed by atoms with van der Waals surface area (Å²) in [6.07, 6.45) is -0.803. The zero-order chi connectivity index (χ0) is 22.0. The third-order valence-electron chi connectivity index (χ3n) is 4.97. The van der Waals surface area contributed by atoms with E-state index in [4.69, 9.17) is 5.11 Å². The number of rotatable bonds is 7. The van der Waals surface area contributed by atoms with Crippen molar-refractivity contribution in [2.45, 2.75) is 25.2 Å². The van der Waals surface area contributed by atoms with Crippen LogP contribution in [0.4, 0.5) is 19.0 Å². The maximum absolute atomic E-state index is 12.4. The molecule has 4 rings (SSSR count). The van der Waals surface area contributed by atoms with E-state index in [9.17, 15) is 18.0 Å². The van der Waals surface area contributed by atoms with Crippen molar-refractivity contribution in [1.29, 1.82) is 0 Å². The fraction of sp³-hybridized carbons (Fsp3) is 0.227. The second-order valence-electron chi connectivity index (χ2n) is 7.24. The van der Waals surface area contributed by atoms with Gasteiger partial charge >= 0.3 is 12.3 Å². The Morgan fingerprint density at radius 2 is 1.97 bits per heavy atom. The fourth-order valence-electron chi connectivity index (χ4n) is 3.34. The van der Waals surface area contributed by atoms with Crippen LogP contribution in [0.25, 0.3) is 11.1 Å². The molecule has 9 heteroatoms. The Morgan fingerprint density at radius 3 is 2.65 bits per heavy atom. The van der Waals surface area contributed by atoms with E-state index in [0.29, 0.717) is 17.8 Å². The summed E-state index contributed by atoms with van der Waals surface area (Å²) in [6, 6.07) is 13.1. The number of carboxylic acids is 1. The Bertz CT molecular complexity index is 1090. The molecule has 1 aliphatic carbocycles. The van der Waals surface area contributed by atoms with Gasteiger partial charge in [0, 0.05) is 36.1 Å². The SMILES string of the molecule is O=C(O)[C@@H]1C[C@H]1c1cc(-c2ccc(NCc3cccc(OC(F)(F)F)c3)nc2)ccn1. The van der Waals surface area contributed by atoms with Crippen LogP contribution in [0, 0.1) is 5.92 Å². The van der Waals surface area contributed by atoms with Gasteiger partial charge in [-0.3, -0.25) is 9.78 Å². The third kappa shape index (κ3) is 5.30. The molecule has 1 fully saturated rings. The molecule has 1 aromatic carbocycles. The third-order valence-corrected chi connectivity index (χ3v) is 4.97. The van der Waals surface area contributed by atoms with E-state index in [2.05, 4.69) is 20.0 Å². The smallest absolute Gasteiger partial charge is 0.481 e. The molecular formula is C22H18F3N3O3. The first kappa shape index (κ1) is 20.6.